The fourth-order valence-electron chi connectivity index (χ4n) is 3.15. The Morgan fingerprint density at radius 2 is 1.59 bits per heavy atom. The SMILES string of the molecule is CC(=O)Nc1ccc(NC(=O)c2ccc3nc(Nc4cccc(N(C)C)c4)sc3c2)cc1. The van der Waals surface area contributed by atoms with Crippen molar-refractivity contribution in [3.8, 4) is 0 Å². The molecular weight excluding hydrogens is 422 g/mol. The van der Waals surface area contributed by atoms with Gasteiger partial charge in [0.05, 0.1) is 10.2 Å². The minimum Gasteiger partial charge on any atom is -0.378 e. The average molecular weight is 446 g/mol. The monoisotopic (exact) mass is 445 g/mol. The summed E-state index contributed by atoms with van der Waals surface area (Å²) >= 11 is 1.50. The van der Waals surface area contributed by atoms with E-state index in [9.17, 15) is 9.59 Å². The highest BCUT2D eigenvalue weighted by atomic mass is 32.1. The molecule has 8 heteroatoms. The Morgan fingerprint density at radius 1 is 0.875 bits per heavy atom. The molecule has 0 bridgehead atoms. The Kier molecular flexibility index (Phi) is 6.04. The third kappa shape index (κ3) is 5.04. The largest absolute Gasteiger partial charge is 0.378 e. The zero-order valence-corrected chi connectivity index (χ0v) is 18.8. The topological polar surface area (TPSA) is 86.4 Å². The summed E-state index contributed by atoms with van der Waals surface area (Å²) in [5, 5.41) is 9.69. The first-order valence-corrected chi connectivity index (χ1v) is 10.8. The highest BCUT2D eigenvalue weighted by Gasteiger charge is 2.11. The zero-order valence-electron chi connectivity index (χ0n) is 18.0. The number of thiazole rings is 1. The fraction of sp³-hybridized carbons (Fsp3) is 0.125. The van der Waals surface area contributed by atoms with Crippen LogP contribution >= 0.6 is 11.3 Å². The second-order valence-electron chi connectivity index (χ2n) is 7.48. The number of anilines is 5. The van der Waals surface area contributed by atoms with Crippen molar-refractivity contribution in [3.05, 3.63) is 72.3 Å². The van der Waals surface area contributed by atoms with E-state index in [1.807, 2.05) is 49.3 Å². The molecule has 0 aliphatic carbocycles. The maximum atomic E-state index is 12.7. The Balaban J connectivity index is 1.48. The number of carbonyl (C=O) groups is 2. The number of carbonyl (C=O) groups excluding carboxylic acids is 2. The second kappa shape index (κ2) is 9.07. The van der Waals surface area contributed by atoms with Gasteiger partial charge in [-0.3, -0.25) is 9.59 Å². The number of amides is 2. The van der Waals surface area contributed by atoms with Crippen LogP contribution in [-0.4, -0.2) is 30.9 Å². The molecule has 1 aromatic heterocycles. The minimum atomic E-state index is -0.208. The van der Waals surface area contributed by atoms with Gasteiger partial charge in [0.2, 0.25) is 5.91 Å². The Morgan fingerprint density at radius 3 is 2.28 bits per heavy atom. The van der Waals surface area contributed by atoms with Crippen LogP contribution in [0.1, 0.15) is 17.3 Å². The lowest BCUT2D eigenvalue weighted by atomic mass is 10.2. The van der Waals surface area contributed by atoms with Gasteiger partial charge in [-0.2, -0.15) is 0 Å². The van der Waals surface area contributed by atoms with Crippen LogP contribution in [0.4, 0.5) is 27.9 Å². The molecule has 7 nitrogen and oxygen atoms in total. The van der Waals surface area contributed by atoms with Crippen molar-refractivity contribution in [3.63, 3.8) is 0 Å². The summed E-state index contributed by atoms with van der Waals surface area (Å²) in [6.45, 7) is 1.45. The quantitative estimate of drug-likeness (QED) is 0.374. The van der Waals surface area contributed by atoms with Gasteiger partial charge < -0.3 is 20.9 Å². The van der Waals surface area contributed by atoms with E-state index in [0.717, 1.165) is 26.7 Å². The van der Waals surface area contributed by atoms with E-state index in [-0.39, 0.29) is 11.8 Å². The van der Waals surface area contributed by atoms with Crippen molar-refractivity contribution in [1.82, 2.24) is 4.98 Å². The number of benzene rings is 3. The molecule has 162 valence electrons. The molecule has 3 N–H and O–H groups in total. The molecule has 3 aromatic carbocycles. The first-order chi connectivity index (χ1) is 15.4. The molecule has 4 aromatic rings. The van der Waals surface area contributed by atoms with Gasteiger partial charge in [0, 0.05) is 49.3 Å². The van der Waals surface area contributed by atoms with Crippen LogP contribution in [0.3, 0.4) is 0 Å². The first-order valence-electron chi connectivity index (χ1n) is 10.0. The standard InChI is InChI=1S/C24H23N5O2S/c1-15(30)25-17-8-10-18(11-9-17)26-23(31)16-7-12-21-22(13-16)32-24(28-21)27-19-5-4-6-20(14-19)29(2)3/h4-14H,1-3H3,(H,25,30)(H,26,31)(H,27,28). The Bertz CT molecular complexity index is 1280. The van der Waals surface area contributed by atoms with Crippen LogP contribution in [0.25, 0.3) is 10.2 Å². The number of aromatic nitrogens is 1. The van der Waals surface area contributed by atoms with Crippen molar-refractivity contribution in [2.45, 2.75) is 6.92 Å². The van der Waals surface area contributed by atoms with E-state index >= 15 is 0 Å². The van der Waals surface area contributed by atoms with Gasteiger partial charge in [-0.1, -0.05) is 17.4 Å². The number of rotatable bonds is 6. The Hall–Kier alpha value is -3.91. The average Bonchev–Trinajstić information content (AvgIpc) is 3.16. The van der Waals surface area contributed by atoms with E-state index in [2.05, 4.69) is 27.0 Å². The van der Waals surface area contributed by atoms with Gasteiger partial charge in [-0.25, -0.2) is 4.98 Å². The third-order valence-electron chi connectivity index (χ3n) is 4.73. The molecule has 0 aliphatic heterocycles. The molecule has 0 fully saturated rings. The van der Waals surface area contributed by atoms with Gasteiger partial charge in [-0.15, -0.1) is 0 Å². The van der Waals surface area contributed by atoms with E-state index in [4.69, 9.17) is 0 Å². The van der Waals surface area contributed by atoms with Gasteiger partial charge in [-0.05, 0) is 60.7 Å². The summed E-state index contributed by atoms with van der Waals surface area (Å²) < 4.78 is 0.921. The number of fused-ring (bicyclic) bond motifs is 1. The van der Waals surface area contributed by atoms with Crippen molar-refractivity contribution >= 4 is 61.2 Å². The second-order valence-corrected chi connectivity index (χ2v) is 8.51. The molecule has 0 radical (unpaired) electrons. The molecule has 0 aliphatic rings. The fourth-order valence-corrected chi connectivity index (χ4v) is 4.07. The Labute approximate surface area is 190 Å². The summed E-state index contributed by atoms with van der Waals surface area (Å²) in [5.41, 5.74) is 4.76. The molecular formula is C24H23N5O2S. The predicted octanol–water partition coefficient (Wildman–Crippen LogP) is 5.32. The van der Waals surface area contributed by atoms with E-state index < -0.39 is 0 Å². The smallest absolute Gasteiger partial charge is 0.255 e. The van der Waals surface area contributed by atoms with Gasteiger partial charge in [0.1, 0.15) is 0 Å². The van der Waals surface area contributed by atoms with Gasteiger partial charge in [0.25, 0.3) is 5.91 Å². The number of nitrogens with zero attached hydrogens (tertiary/aromatic N) is 2. The van der Waals surface area contributed by atoms with Crippen molar-refractivity contribution in [2.75, 3.05) is 34.9 Å². The van der Waals surface area contributed by atoms with E-state index in [1.54, 1.807) is 30.3 Å². The summed E-state index contributed by atoms with van der Waals surface area (Å²) in [4.78, 5) is 30.5. The molecule has 0 saturated heterocycles. The van der Waals surface area contributed by atoms with Gasteiger partial charge >= 0.3 is 0 Å². The van der Waals surface area contributed by atoms with Crippen molar-refractivity contribution in [2.24, 2.45) is 0 Å². The maximum Gasteiger partial charge on any atom is 0.255 e. The first kappa shape index (κ1) is 21.3. The normalized spacial score (nSPS) is 10.6. The minimum absolute atomic E-state index is 0.140. The van der Waals surface area contributed by atoms with E-state index in [1.165, 1.54) is 18.3 Å². The number of nitrogens with one attached hydrogen (secondary N) is 3. The number of hydrogen-bond acceptors (Lipinski definition) is 6. The molecule has 1 heterocycles. The van der Waals surface area contributed by atoms with Crippen LogP contribution in [0.2, 0.25) is 0 Å². The van der Waals surface area contributed by atoms with Gasteiger partial charge in [0.15, 0.2) is 5.13 Å². The van der Waals surface area contributed by atoms with Crippen LogP contribution in [0.15, 0.2) is 66.7 Å². The lowest BCUT2D eigenvalue weighted by molar-refractivity contribution is -0.114. The number of hydrogen-bond donors (Lipinski definition) is 3. The molecule has 0 spiro atoms. The summed E-state index contributed by atoms with van der Waals surface area (Å²) in [7, 11) is 4.00. The summed E-state index contributed by atoms with van der Waals surface area (Å²) in [5.74, 6) is -0.348. The predicted molar refractivity (Wildman–Crippen MR) is 132 cm³/mol. The lowest BCUT2D eigenvalue weighted by Crippen LogP contribution is -2.12. The third-order valence-corrected chi connectivity index (χ3v) is 5.66. The zero-order chi connectivity index (χ0) is 22.7. The van der Waals surface area contributed by atoms with Crippen molar-refractivity contribution in [1.29, 1.82) is 0 Å². The lowest BCUT2D eigenvalue weighted by Gasteiger charge is -2.13. The van der Waals surface area contributed by atoms with Crippen LogP contribution < -0.4 is 20.9 Å². The summed E-state index contributed by atoms with van der Waals surface area (Å²) in [6, 6.07) is 20.5. The maximum absolute atomic E-state index is 12.7. The molecule has 0 unspecified atom stereocenters. The van der Waals surface area contributed by atoms with Crippen LogP contribution in [-0.2, 0) is 4.79 Å². The molecule has 2 amide bonds. The van der Waals surface area contributed by atoms with Crippen LogP contribution in [0.5, 0.6) is 0 Å². The summed E-state index contributed by atoms with van der Waals surface area (Å²) in [6.07, 6.45) is 0. The van der Waals surface area contributed by atoms with Crippen molar-refractivity contribution < 1.29 is 9.59 Å². The highest BCUT2D eigenvalue weighted by Crippen LogP contribution is 2.30. The molecule has 32 heavy (non-hydrogen) atoms. The van der Waals surface area contributed by atoms with E-state index in [0.29, 0.717) is 16.9 Å². The molecule has 0 saturated carbocycles. The molecule has 4 rings (SSSR count). The highest BCUT2D eigenvalue weighted by molar-refractivity contribution is 7.22. The molecule has 0 atom stereocenters. The van der Waals surface area contributed by atoms with Crippen LogP contribution in [0, 0.1) is 0 Å².